The second-order valence-corrected chi connectivity index (χ2v) is 7.85. The lowest BCUT2D eigenvalue weighted by Gasteiger charge is -1.96. The number of benzene rings is 1. The molecule has 4 rings (SSSR count). The van der Waals surface area contributed by atoms with Gasteiger partial charge in [-0.1, -0.05) is 53.4 Å². The number of amides is 1. The summed E-state index contributed by atoms with van der Waals surface area (Å²) in [6.07, 6.45) is 0.0829. The highest BCUT2D eigenvalue weighted by atomic mass is 32.2. The maximum atomic E-state index is 12.2. The number of nitrogens with zero attached hydrogens (tertiary/aromatic N) is 3. The van der Waals surface area contributed by atoms with E-state index >= 15 is 0 Å². The molecule has 0 saturated carbocycles. The van der Waals surface area contributed by atoms with Crippen LogP contribution in [0, 0.1) is 0 Å². The number of hydrogen-bond acceptors (Lipinski definition) is 8. The summed E-state index contributed by atoms with van der Waals surface area (Å²) in [5, 5.41) is 16.1. The monoisotopic (exact) mass is 386 g/mol. The van der Waals surface area contributed by atoms with Crippen molar-refractivity contribution >= 4 is 45.1 Å². The Labute approximate surface area is 156 Å². The fraction of sp³-hybridized carbons (Fsp3) is 0.176. The van der Waals surface area contributed by atoms with Crippen LogP contribution in [0.2, 0.25) is 0 Å². The van der Waals surface area contributed by atoms with Gasteiger partial charge in [0, 0.05) is 11.5 Å². The highest BCUT2D eigenvalue weighted by Crippen LogP contribution is 2.28. The Kier molecular flexibility index (Phi) is 4.72. The van der Waals surface area contributed by atoms with Gasteiger partial charge in [-0.25, -0.2) is 0 Å². The second kappa shape index (κ2) is 7.30. The third-order valence-corrected chi connectivity index (χ3v) is 5.34. The SMILES string of the molecule is CCSc1nnc(NC(=O)Cc2cc(-c3cc4ccccc4o3)on2)s1. The van der Waals surface area contributed by atoms with Gasteiger partial charge in [-0.05, 0) is 17.9 Å². The van der Waals surface area contributed by atoms with E-state index in [-0.39, 0.29) is 12.3 Å². The predicted molar refractivity (Wildman–Crippen MR) is 100 cm³/mol. The van der Waals surface area contributed by atoms with Crippen LogP contribution in [0.3, 0.4) is 0 Å². The zero-order chi connectivity index (χ0) is 17.9. The van der Waals surface area contributed by atoms with E-state index in [1.165, 1.54) is 11.3 Å². The van der Waals surface area contributed by atoms with Gasteiger partial charge in [-0.2, -0.15) is 0 Å². The number of aromatic nitrogens is 3. The smallest absolute Gasteiger partial charge is 0.232 e. The van der Waals surface area contributed by atoms with Gasteiger partial charge in [0.25, 0.3) is 0 Å². The first kappa shape index (κ1) is 16.8. The van der Waals surface area contributed by atoms with Crippen LogP contribution < -0.4 is 5.32 Å². The van der Waals surface area contributed by atoms with Gasteiger partial charge in [0.2, 0.25) is 16.8 Å². The molecule has 0 saturated heterocycles. The van der Waals surface area contributed by atoms with Crippen LogP contribution in [0.15, 0.2) is 49.7 Å². The molecular formula is C17H14N4O3S2. The van der Waals surface area contributed by atoms with Crippen molar-refractivity contribution < 1.29 is 13.7 Å². The topological polar surface area (TPSA) is 94.1 Å². The minimum absolute atomic E-state index is 0.0829. The number of nitrogens with one attached hydrogen (secondary N) is 1. The average Bonchev–Trinajstić information content (AvgIpc) is 3.34. The summed E-state index contributed by atoms with van der Waals surface area (Å²) in [6.45, 7) is 2.04. The second-order valence-electron chi connectivity index (χ2n) is 5.36. The number of furan rings is 1. The van der Waals surface area contributed by atoms with Gasteiger partial charge in [-0.3, -0.25) is 4.79 Å². The molecule has 26 heavy (non-hydrogen) atoms. The van der Waals surface area contributed by atoms with Crippen molar-refractivity contribution in [3.63, 3.8) is 0 Å². The van der Waals surface area contributed by atoms with Gasteiger partial charge >= 0.3 is 0 Å². The van der Waals surface area contributed by atoms with Crippen molar-refractivity contribution in [1.29, 1.82) is 0 Å². The molecule has 1 N–H and O–H groups in total. The van der Waals surface area contributed by atoms with Gasteiger partial charge < -0.3 is 14.3 Å². The Balaban J connectivity index is 1.43. The molecule has 1 amide bonds. The highest BCUT2D eigenvalue weighted by molar-refractivity contribution is 8.01. The third-order valence-electron chi connectivity index (χ3n) is 3.49. The minimum atomic E-state index is -0.223. The van der Waals surface area contributed by atoms with E-state index in [4.69, 9.17) is 8.94 Å². The average molecular weight is 386 g/mol. The highest BCUT2D eigenvalue weighted by Gasteiger charge is 2.15. The zero-order valence-electron chi connectivity index (χ0n) is 13.8. The summed E-state index contributed by atoms with van der Waals surface area (Å²) in [4.78, 5) is 12.2. The van der Waals surface area contributed by atoms with Gasteiger partial charge in [0.15, 0.2) is 10.1 Å². The first-order valence-corrected chi connectivity index (χ1v) is 9.72. The number of rotatable bonds is 6. The molecule has 0 aliphatic heterocycles. The maximum Gasteiger partial charge on any atom is 0.232 e. The molecule has 1 aromatic carbocycles. The number of anilines is 1. The van der Waals surface area contributed by atoms with E-state index in [2.05, 4.69) is 20.7 Å². The Hall–Kier alpha value is -2.65. The quantitative estimate of drug-likeness (QED) is 0.391. The summed E-state index contributed by atoms with van der Waals surface area (Å²) in [5.74, 6) is 1.75. The summed E-state index contributed by atoms with van der Waals surface area (Å²) in [5.41, 5.74) is 1.29. The van der Waals surface area contributed by atoms with Crippen molar-refractivity contribution in [1.82, 2.24) is 15.4 Å². The summed E-state index contributed by atoms with van der Waals surface area (Å²) in [7, 11) is 0. The number of thioether (sulfide) groups is 1. The fourth-order valence-electron chi connectivity index (χ4n) is 2.38. The fourth-order valence-corrected chi connectivity index (χ4v) is 4.05. The van der Waals surface area contributed by atoms with Crippen LogP contribution in [0.25, 0.3) is 22.5 Å². The van der Waals surface area contributed by atoms with E-state index in [1.807, 2.05) is 37.3 Å². The van der Waals surface area contributed by atoms with Crippen LogP contribution in [-0.2, 0) is 11.2 Å². The van der Waals surface area contributed by atoms with Crippen molar-refractivity contribution in [2.45, 2.75) is 17.7 Å². The van der Waals surface area contributed by atoms with Crippen molar-refractivity contribution in [3.05, 3.63) is 42.1 Å². The molecule has 0 atom stereocenters. The van der Waals surface area contributed by atoms with Crippen LogP contribution in [0.5, 0.6) is 0 Å². The van der Waals surface area contributed by atoms with Crippen LogP contribution in [0.4, 0.5) is 5.13 Å². The molecule has 0 unspecified atom stereocenters. The third kappa shape index (κ3) is 3.63. The molecule has 0 radical (unpaired) electrons. The molecule has 132 valence electrons. The molecule has 3 heterocycles. The van der Waals surface area contributed by atoms with Gasteiger partial charge in [0.1, 0.15) is 5.58 Å². The van der Waals surface area contributed by atoms with E-state index in [0.29, 0.717) is 22.3 Å². The molecule has 0 bridgehead atoms. The van der Waals surface area contributed by atoms with Crippen LogP contribution in [0.1, 0.15) is 12.6 Å². The summed E-state index contributed by atoms with van der Waals surface area (Å²) >= 11 is 2.94. The Morgan fingerprint density at radius 3 is 2.96 bits per heavy atom. The lowest BCUT2D eigenvalue weighted by atomic mass is 10.2. The Morgan fingerprint density at radius 2 is 2.12 bits per heavy atom. The van der Waals surface area contributed by atoms with Crippen LogP contribution >= 0.6 is 23.1 Å². The molecule has 4 aromatic rings. The lowest BCUT2D eigenvalue weighted by Crippen LogP contribution is -2.14. The largest absolute Gasteiger partial charge is 0.453 e. The molecule has 9 heteroatoms. The van der Waals surface area contributed by atoms with Crippen molar-refractivity contribution in [2.24, 2.45) is 0 Å². The number of fused-ring (bicyclic) bond motifs is 1. The molecule has 0 aliphatic rings. The molecule has 0 fully saturated rings. The van der Waals surface area contributed by atoms with E-state index in [0.717, 1.165) is 21.1 Å². The zero-order valence-corrected chi connectivity index (χ0v) is 15.4. The van der Waals surface area contributed by atoms with E-state index in [9.17, 15) is 4.79 Å². The normalized spacial score (nSPS) is 11.1. The van der Waals surface area contributed by atoms with Crippen molar-refractivity contribution in [2.75, 3.05) is 11.1 Å². The van der Waals surface area contributed by atoms with Crippen molar-refractivity contribution in [3.8, 4) is 11.5 Å². The Bertz CT molecular complexity index is 1020. The first-order chi connectivity index (χ1) is 12.7. The predicted octanol–water partition coefficient (Wildman–Crippen LogP) is 4.23. The molecule has 7 nitrogen and oxygen atoms in total. The van der Waals surface area contributed by atoms with E-state index in [1.54, 1.807) is 17.8 Å². The van der Waals surface area contributed by atoms with Gasteiger partial charge in [-0.15, -0.1) is 10.2 Å². The number of carbonyl (C=O) groups excluding carboxylic acids is 1. The number of hydrogen-bond donors (Lipinski definition) is 1. The van der Waals surface area contributed by atoms with E-state index < -0.39 is 0 Å². The Morgan fingerprint density at radius 1 is 1.23 bits per heavy atom. The molecule has 0 aliphatic carbocycles. The minimum Gasteiger partial charge on any atom is -0.453 e. The maximum absolute atomic E-state index is 12.2. The van der Waals surface area contributed by atoms with Gasteiger partial charge in [0.05, 0.1) is 12.1 Å². The lowest BCUT2D eigenvalue weighted by molar-refractivity contribution is -0.115. The summed E-state index contributed by atoms with van der Waals surface area (Å²) in [6, 6.07) is 11.3. The summed E-state index contributed by atoms with van der Waals surface area (Å²) < 4.78 is 11.9. The standard InChI is InChI=1S/C17H14N4O3S2/c1-2-25-17-20-19-16(26-17)18-15(22)9-11-8-14(24-21-11)13-7-10-5-3-4-6-12(10)23-13/h3-8H,2,9H2,1H3,(H,18,19,22). The number of carbonyl (C=O) groups is 1. The van der Waals surface area contributed by atoms with Crippen LogP contribution in [-0.4, -0.2) is 27.0 Å². The molecule has 3 aromatic heterocycles. The first-order valence-electron chi connectivity index (χ1n) is 7.92. The molecule has 0 spiro atoms. The molecular weight excluding hydrogens is 372 g/mol. The number of para-hydroxylation sites is 1.